The van der Waals surface area contributed by atoms with Gasteiger partial charge in [0.25, 0.3) is 0 Å². The van der Waals surface area contributed by atoms with Gasteiger partial charge in [0.15, 0.2) is 0 Å². The molecule has 2 rings (SSSR count). The topological polar surface area (TPSA) is 81.7 Å². The summed E-state index contributed by atoms with van der Waals surface area (Å²) in [4.78, 5) is 0. The number of hydrogen-bond acceptors (Lipinski definition) is 5. The van der Waals surface area contributed by atoms with Crippen LogP contribution in [0.25, 0.3) is 0 Å². The third kappa shape index (κ3) is 2.50. The number of hydrazine groups is 1. The van der Waals surface area contributed by atoms with E-state index < -0.39 is 0 Å². The van der Waals surface area contributed by atoms with Gasteiger partial charge in [-0.15, -0.1) is 0 Å². The monoisotopic (exact) mass is 266 g/mol. The summed E-state index contributed by atoms with van der Waals surface area (Å²) in [7, 11) is 1.87. The van der Waals surface area contributed by atoms with E-state index >= 15 is 0 Å². The summed E-state index contributed by atoms with van der Waals surface area (Å²) < 4.78 is 1.77. The minimum absolute atomic E-state index is 0.0761. The Labute approximate surface area is 110 Å². The second kappa shape index (κ2) is 5.43. The van der Waals surface area contributed by atoms with Gasteiger partial charge in [-0.3, -0.25) is 16.0 Å². The van der Waals surface area contributed by atoms with Crippen molar-refractivity contribution in [2.24, 2.45) is 12.9 Å². The lowest BCUT2D eigenvalue weighted by molar-refractivity contribution is 0.527. The molecule has 0 aliphatic carbocycles. The first kappa shape index (κ1) is 12.9. The van der Waals surface area contributed by atoms with Crippen molar-refractivity contribution in [2.45, 2.75) is 19.4 Å². The van der Waals surface area contributed by atoms with Crippen LogP contribution in [-0.2, 0) is 13.5 Å². The van der Waals surface area contributed by atoms with Crippen LogP contribution in [0.5, 0.6) is 0 Å². The highest BCUT2D eigenvalue weighted by Gasteiger charge is 2.17. The Bertz CT molecular complexity index is 524. The van der Waals surface area contributed by atoms with E-state index in [1.807, 2.05) is 20.0 Å². The summed E-state index contributed by atoms with van der Waals surface area (Å²) in [5.74, 6) is 5.59. The van der Waals surface area contributed by atoms with E-state index in [-0.39, 0.29) is 6.04 Å². The van der Waals surface area contributed by atoms with Crippen molar-refractivity contribution >= 4 is 11.6 Å². The maximum absolute atomic E-state index is 6.22. The van der Waals surface area contributed by atoms with Crippen LogP contribution in [0.2, 0.25) is 5.02 Å². The van der Waals surface area contributed by atoms with Gasteiger partial charge < -0.3 is 0 Å². The number of halogens is 1. The Morgan fingerprint density at radius 1 is 1.50 bits per heavy atom. The van der Waals surface area contributed by atoms with Crippen LogP contribution in [0.15, 0.2) is 18.5 Å². The molecule has 0 amide bonds. The van der Waals surface area contributed by atoms with Crippen LogP contribution in [0.3, 0.4) is 0 Å². The van der Waals surface area contributed by atoms with E-state index in [0.29, 0.717) is 11.4 Å². The summed E-state index contributed by atoms with van der Waals surface area (Å²) in [6, 6.07) is 1.79. The highest BCUT2D eigenvalue weighted by molar-refractivity contribution is 6.31. The third-order valence-corrected chi connectivity index (χ3v) is 3.36. The lowest BCUT2D eigenvalue weighted by Crippen LogP contribution is -2.30. The fourth-order valence-corrected chi connectivity index (χ4v) is 2.11. The molecule has 0 aliphatic heterocycles. The summed E-state index contributed by atoms with van der Waals surface area (Å²) in [6.45, 7) is 1.88. The number of rotatable bonds is 4. The second-order valence-corrected chi connectivity index (χ2v) is 4.45. The van der Waals surface area contributed by atoms with Crippen molar-refractivity contribution in [2.75, 3.05) is 0 Å². The second-order valence-electron chi connectivity index (χ2n) is 4.07. The predicted molar refractivity (Wildman–Crippen MR) is 68.8 cm³/mol. The minimum atomic E-state index is -0.0761. The molecule has 0 fully saturated rings. The van der Waals surface area contributed by atoms with Crippen LogP contribution in [0.1, 0.15) is 23.0 Å². The van der Waals surface area contributed by atoms with Crippen molar-refractivity contribution in [3.05, 3.63) is 40.4 Å². The maximum atomic E-state index is 6.22. The standard InChI is InChI=1S/C11H15ClN6/c1-7-11(12)10(18(2)17-7)5-9(16-13)8-3-4-14-15-6-8/h3-4,6,9,16H,5,13H2,1-2H3. The molecule has 18 heavy (non-hydrogen) atoms. The smallest absolute Gasteiger partial charge is 0.0847 e. The normalized spacial score (nSPS) is 12.7. The van der Waals surface area contributed by atoms with Gasteiger partial charge in [0.2, 0.25) is 0 Å². The predicted octanol–water partition coefficient (Wildman–Crippen LogP) is 0.919. The molecule has 0 spiro atoms. The molecule has 1 unspecified atom stereocenters. The van der Waals surface area contributed by atoms with Crippen LogP contribution in [-0.4, -0.2) is 20.0 Å². The van der Waals surface area contributed by atoms with E-state index in [0.717, 1.165) is 17.0 Å². The first-order valence-electron chi connectivity index (χ1n) is 5.54. The molecule has 7 heteroatoms. The van der Waals surface area contributed by atoms with Crippen LogP contribution >= 0.6 is 11.6 Å². The Morgan fingerprint density at radius 2 is 2.28 bits per heavy atom. The molecule has 2 aromatic heterocycles. The average Bonchev–Trinajstić information content (AvgIpc) is 2.62. The zero-order valence-corrected chi connectivity index (χ0v) is 11.0. The van der Waals surface area contributed by atoms with E-state index in [4.69, 9.17) is 17.4 Å². The fraction of sp³-hybridized carbons (Fsp3) is 0.364. The van der Waals surface area contributed by atoms with Gasteiger partial charge in [0, 0.05) is 19.7 Å². The average molecular weight is 267 g/mol. The van der Waals surface area contributed by atoms with Crippen molar-refractivity contribution in [1.29, 1.82) is 0 Å². The van der Waals surface area contributed by atoms with Crippen molar-refractivity contribution in [3.63, 3.8) is 0 Å². The first-order chi connectivity index (χ1) is 8.63. The lowest BCUT2D eigenvalue weighted by atomic mass is 10.0. The minimum Gasteiger partial charge on any atom is -0.271 e. The van der Waals surface area contributed by atoms with Gasteiger partial charge in [0.05, 0.1) is 28.6 Å². The Kier molecular flexibility index (Phi) is 3.90. The zero-order valence-electron chi connectivity index (χ0n) is 10.3. The number of aromatic nitrogens is 4. The fourth-order valence-electron chi connectivity index (χ4n) is 1.88. The number of nitrogens with two attached hydrogens (primary N) is 1. The van der Waals surface area contributed by atoms with E-state index in [1.165, 1.54) is 0 Å². The molecular weight excluding hydrogens is 252 g/mol. The number of hydrogen-bond donors (Lipinski definition) is 2. The molecule has 1 atom stereocenters. The number of aryl methyl sites for hydroxylation is 2. The number of nitrogens with one attached hydrogen (secondary N) is 1. The Hall–Kier alpha value is -1.50. The molecule has 0 radical (unpaired) electrons. The van der Waals surface area contributed by atoms with Gasteiger partial charge >= 0.3 is 0 Å². The Balaban J connectivity index is 2.26. The molecule has 0 saturated carbocycles. The molecule has 0 aromatic carbocycles. The molecule has 0 aliphatic rings. The summed E-state index contributed by atoms with van der Waals surface area (Å²) >= 11 is 6.22. The summed E-state index contributed by atoms with van der Waals surface area (Å²) in [5.41, 5.74) is 5.48. The zero-order chi connectivity index (χ0) is 13.1. The van der Waals surface area contributed by atoms with Gasteiger partial charge in [-0.05, 0) is 18.6 Å². The van der Waals surface area contributed by atoms with Crippen molar-refractivity contribution in [1.82, 2.24) is 25.4 Å². The third-order valence-electron chi connectivity index (χ3n) is 2.87. The van der Waals surface area contributed by atoms with Crippen LogP contribution in [0, 0.1) is 6.92 Å². The molecule has 96 valence electrons. The van der Waals surface area contributed by atoms with Crippen LogP contribution in [0.4, 0.5) is 0 Å². The first-order valence-corrected chi connectivity index (χ1v) is 5.92. The summed E-state index contributed by atoms with van der Waals surface area (Å²) in [6.07, 6.45) is 3.95. The highest BCUT2D eigenvalue weighted by atomic mass is 35.5. The summed E-state index contributed by atoms with van der Waals surface area (Å²) in [5, 5.41) is 12.6. The van der Waals surface area contributed by atoms with Gasteiger partial charge in [-0.25, -0.2) is 0 Å². The molecule has 0 saturated heterocycles. The molecule has 2 heterocycles. The van der Waals surface area contributed by atoms with Crippen molar-refractivity contribution < 1.29 is 0 Å². The molecule has 3 N–H and O–H groups in total. The van der Waals surface area contributed by atoms with Gasteiger partial charge in [0.1, 0.15) is 0 Å². The van der Waals surface area contributed by atoms with Crippen molar-refractivity contribution in [3.8, 4) is 0 Å². The highest BCUT2D eigenvalue weighted by Crippen LogP contribution is 2.24. The molecule has 2 aromatic rings. The molecule has 0 bridgehead atoms. The molecular formula is C11H15ClN6. The van der Waals surface area contributed by atoms with Gasteiger partial charge in [-0.1, -0.05) is 11.6 Å². The SMILES string of the molecule is Cc1nn(C)c(CC(NN)c2ccnnc2)c1Cl. The van der Waals surface area contributed by atoms with E-state index in [1.54, 1.807) is 17.1 Å². The lowest BCUT2D eigenvalue weighted by Gasteiger charge is -2.15. The van der Waals surface area contributed by atoms with Crippen LogP contribution < -0.4 is 11.3 Å². The largest absolute Gasteiger partial charge is 0.271 e. The quantitative estimate of drug-likeness (QED) is 0.635. The maximum Gasteiger partial charge on any atom is 0.0847 e. The molecule has 6 nitrogen and oxygen atoms in total. The number of nitrogens with zero attached hydrogens (tertiary/aromatic N) is 4. The Morgan fingerprint density at radius 3 is 2.78 bits per heavy atom. The van der Waals surface area contributed by atoms with Gasteiger partial charge in [-0.2, -0.15) is 15.3 Å². The van der Waals surface area contributed by atoms with E-state index in [2.05, 4.69) is 20.7 Å². The van der Waals surface area contributed by atoms with E-state index in [9.17, 15) is 0 Å².